The van der Waals surface area contributed by atoms with Crippen LogP contribution in [0.15, 0.2) is 18.2 Å². The van der Waals surface area contributed by atoms with Crippen molar-refractivity contribution >= 4 is 5.69 Å². The monoisotopic (exact) mass is 247 g/mol. The SMILES string of the molecule is CC1Cc2cc(CCNCCN(C)C)ccc2N1. The number of nitrogens with one attached hydrogen (secondary N) is 2. The maximum Gasteiger partial charge on any atom is 0.0375 e. The van der Waals surface area contributed by atoms with Crippen LogP contribution in [0.5, 0.6) is 0 Å². The lowest BCUT2D eigenvalue weighted by Crippen LogP contribution is -2.27. The average molecular weight is 247 g/mol. The molecule has 100 valence electrons. The summed E-state index contributed by atoms with van der Waals surface area (Å²) in [4.78, 5) is 2.20. The fourth-order valence-corrected chi connectivity index (χ4v) is 2.42. The van der Waals surface area contributed by atoms with Gasteiger partial charge >= 0.3 is 0 Å². The van der Waals surface area contributed by atoms with Gasteiger partial charge in [-0.05, 0) is 57.6 Å². The molecule has 0 fully saturated rings. The molecular weight excluding hydrogens is 222 g/mol. The van der Waals surface area contributed by atoms with E-state index in [4.69, 9.17) is 0 Å². The highest BCUT2D eigenvalue weighted by Gasteiger charge is 2.16. The predicted molar refractivity (Wildman–Crippen MR) is 78.4 cm³/mol. The molecule has 1 heterocycles. The van der Waals surface area contributed by atoms with E-state index in [-0.39, 0.29) is 0 Å². The van der Waals surface area contributed by atoms with Crippen LogP contribution in [0, 0.1) is 0 Å². The van der Waals surface area contributed by atoms with E-state index in [2.05, 4.69) is 54.8 Å². The third kappa shape index (κ3) is 3.72. The Bertz CT molecular complexity index is 387. The molecule has 2 rings (SSSR count). The molecular formula is C15H25N3. The molecule has 18 heavy (non-hydrogen) atoms. The maximum absolute atomic E-state index is 3.49. The summed E-state index contributed by atoms with van der Waals surface area (Å²) in [5.74, 6) is 0. The van der Waals surface area contributed by atoms with E-state index in [0.717, 1.165) is 32.5 Å². The Hall–Kier alpha value is -1.06. The zero-order valence-electron chi connectivity index (χ0n) is 11.8. The molecule has 1 aliphatic rings. The number of fused-ring (bicyclic) bond motifs is 1. The van der Waals surface area contributed by atoms with Gasteiger partial charge in [0, 0.05) is 24.8 Å². The van der Waals surface area contributed by atoms with E-state index in [0.29, 0.717) is 6.04 Å². The van der Waals surface area contributed by atoms with Gasteiger partial charge in [-0.2, -0.15) is 0 Å². The molecule has 0 radical (unpaired) electrons. The van der Waals surface area contributed by atoms with Gasteiger partial charge < -0.3 is 15.5 Å². The molecule has 0 amide bonds. The Morgan fingerprint density at radius 3 is 2.94 bits per heavy atom. The van der Waals surface area contributed by atoms with E-state index in [1.165, 1.54) is 16.8 Å². The summed E-state index contributed by atoms with van der Waals surface area (Å²) in [5, 5.41) is 6.98. The third-order valence-corrected chi connectivity index (χ3v) is 3.42. The normalized spacial score (nSPS) is 17.9. The van der Waals surface area contributed by atoms with Crippen LogP contribution < -0.4 is 10.6 Å². The Morgan fingerprint density at radius 1 is 1.33 bits per heavy atom. The molecule has 0 saturated heterocycles. The van der Waals surface area contributed by atoms with Gasteiger partial charge in [-0.3, -0.25) is 0 Å². The molecule has 0 aromatic heterocycles. The van der Waals surface area contributed by atoms with Crippen molar-refractivity contribution in [1.82, 2.24) is 10.2 Å². The highest BCUT2D eigenvalue weighted by atomic mass is 15.1. The van der Waals surface area contributed by atoms with Crippen LogP contribution in [0.4, 0.5) is 5.69 Å². The second-order valence-corrected chi connectivity index (χ2v) is 5.54. The summed E-state index contributed by atoms with van der Waals surface area (Å²) < 4.78 is 0. The van der Waals surface area contributed by atoms with Crippen LogP contribution in [0.3, 0.4) is 0 Å². The lowest BCUT2D eigenvalue weighted by atomic mass is 10.0. The minimum atomic E-state index is 0.591. The molecule has 0 spiro atoms. The fraction of sp³-hybridized carbons (Fsp3) is 0.600. The molecule has 0 bridgehead atoms. The van der Waals surface area contributed by atoms with Crippen molar-refractivity contribution in [3.63, 3.8) is 0 Å². The van der Waals surface area contributed by atoms with E-state index >= 15 is 0 Å². The summed E-state index contributed by atoms with van der Waals surface area (Å²) in [6, 6.07) is 7.43. The van der Waals surface area contributed by atoms with Gasteiger partial charge in [0.25, 0.3) is 0 Å². The van der Waals surface area contributed by atoms with Crippen LogP contribution in [0.2, 0.25) is 0 Å². The first kappa shape index (κ1) is 13.4. The second-order valence-electron chi connectivity index (χ2n) is 5.54. The van der Waals surface area contributed by atoms with Crippen molar-refractivity contribution in [2.45, 2.75) is 25.8 Å². The predicted octanol–water partition coefficient (Wildman–Crippen LogP) is 1.74. The van der Waals surface area contributed by atoms with Crippen molar-refractivity contribution in [3.05, 3.63) is 29.3 Å². The van der Waals surface area contributed by atoms with Crippen LogP contribution in [-0.2, 0) is 12.8 Å². The Morgan fingerprint density at radius 2 is 2.17 bits per heavy atom. The minimum absolute atomic E-state index is 0.591. The van der Waals surface area contributed by atoms with Crippen LogP contribution in [0.1, 0.15) is 18.1 Å². The number of benzene rings is 1. The van der Waals surface area contributed by atoms with E-state index < -0.39 is 0 Å². The standard InChI is InChI=1S/C15H25N3/c1-12-10-14-11-13(4-5-15(14)17-12)6-7-16-8-9-18(2)3/h4-5,11-12,16-17H,6-10H2,1-3H3. The Kier molecular flexibility index (Phi) is 4.61. The van der Waals surface area contributed by atoms with E-state index in [1.807, 2.05) is 0 Å². The lowest BCUT2D eigenvalue weighted by molar-refractivity contribution is 0.401. The molecule has 0 saturated carbocycles. The second kappa shape index (κ2) is 6.21. The number of likely N-dealkylation sites (N-methyl/N-ethyl adjacent to an activating group) is 1. The van der Waals surface area contributed by atoms with E-state index in [9.17, 15) is 0 Å². The van der Waals surface area contributed by atoms with Crippen molar-refractivity contribution in [2.24, 2.45) is 0 Å². The molecule has 1 atom stereocenters. The first-order chi connectivity index (χ1) is 8.65. The van der Waals surface area contributed by atoms with Crippen molar-refractivity contribution < 1.29 is 0 Å². The molecule has 1 aromatic carbocycles. The average Bonchev–Trinajstić information content (AvgIpc) is 2.67. The highest BCUT2D eigenvalue weighted by Crippen LogP contribution is 2.26. The topological polar surface area (TPSA) is 27.3 Å². The van der Waals surface area contributed by atoms with Crippen LogP contribution >= 0.6 is 0 Å². The van der Waals surface area contributed by atoms with Gasteiger partial charge in [0.05, 0.1) is 0 Å². The molecule has 1 unspecified atom stereocenters. The lowest BCUT2D eigenvalue weighted by Gasteiger charge is -2.10. The fourth-order valence-electron chi connectivity index (χ4n) is 2.42. The van der Waals surface area contributed by atoms with Crippen LogP contribution in [-0.4, -0.2) is 44.7 Å². The maximum atomic E-state index is 3.49. The van der Waals surface area contributed by atoms with E-state index in [1.54, 1.807) is 0 Å². The molecule has 3 nitrogen and oxygen atoms in total. The van der Waals surface area contributed by atoms with Crippen molar-refractivity contribution in [3.8, 4) is 0 Å². The smallest absolute Gasteiger partial charge is 0.0375 e. The Labute approximate surface area is 111 Å². The highest BCUT2D eigenvalue weighted by molar-refractivity contribution is 5.57. The van der Waals surface area contributed by atoms with Crippen LogP contribution in [0.25, 0.3) is 0 Å². The summed E-state index contributed by atoms with van der Waals surface area (Å²) in [6.45, 7) is 5.47. The van der Waals surface area contributed by atoms with Gasteiger partial charge in [0.2, 0.25) is 0 Å². The molecule has 3 heteroatoms. The minimum Gasteiger partial charge on any atom is -0.382 e. The first-order valence-corrected chi connectivity index (χ1v) is 6.89. The number of nitrogens with zero attached hydrogens (tertiary/aromatic N) is 1. The van der Waals surface area contributed by atoms with Gasteiger partial charge in [-0.25, -0.2) is 0 Å². The Balaban J connectivity index is 1.76. The third-order valence-electron chi connectivity index (χ3n) is 3.42. The number of hydrogen-bond donors (Lipinski definition) is 2. The summed E-state index contributed by atoms with van der Waals surface area (Å²) in [6.07, 6.45) is 2.28. The molecule has 1 aliphatic heterocycles. The quantitative estimate of drug-likeness (QED) is 0.750. The summed E-state index contributed by atoms with van der Waals surface area (Å²) >= 11 is 0. The zero-order chi connectivity index (χ0) is 13.0. The zero-order valence-corrected chi connectivity index (χ0v) is 11.8. The van der Waals surface area contributed by atoms with Gasteiger partial charge in [0.1, 0.15) is 0 Å². The first-order valence-electron chi connectivity index (χ1n) is 6.89. The van der Waals surface area contributed by atoms with Gasteiger partial charge in [-0.15, -0.1) is 0 Å². The molecule has 0 aliphatic carbocycles. The molecule has 1 aromatic rings. The number of rotatable bonds is 6. The number of hydrogen-bond acceptors (Lipinski definition) is 3. The summed E-state index contributed by atoms with van der Waals surface area (Å²) in [5.41, 5.74) is 4.25. The van der Waals surface area contributed by atoms with Gasteiger partial charge in [0.15, 0.2) is 0 Å². The van der Waals surface area contributed by atoms with Crippen molar-refractivity contribution in [2.75, 3.05) is 39.0 Å². The van der Waals surface area contributed by atoms with Gasteiger partial charge in [-0.1, -0.05) is 12.1 Å². The van der Waals surface area contributed by atoms with Crippen molar-refractivity contribution in [1.29, 1.82) is 0 Å². The molecule has 2 N–H and O–H groups in total. The number of anilines is 1. The largest absolute Gasteiger partial charge is 0.382 e. The summed E-state index contributed by atoms with van der Waals surface area (Å²) in [7, 11) is 4.21.